The van der Waals surface area contributed by atoms with Crippen molar-refractivity contribution in [2.75, 3.05) is 19.8 Å². The number of pyridine rings is 1. The van der Waals surface area contributed by atoms with Gasteiger partial charge in [0.1, 0.15) is 0 Å². The smallest absolute Gasteiger partial charge is 0.226 e. The molecule has 2 N–H and O–H groups in total. The van der Waals surface area contributed by atoms with Crippen LogP contribution in [0.25, 0.3) is 10.9 Å². The molecule has 1 amide bonds. The first kappa shape index (κ1) is 16.1. The number of hydrogen-bond acceptors (Lipinski definition) is 3. The molecule has 25 heavy (non-hydrogen) atoms. The summed E-state index contributed by atoms with van der Waals surface area (Å²) in [5.41, 5.74) is 13.3. The van der Waals surface area contributed by atoms with E-state index in [2.05, 4.69) is 31.2 Å². The first-order valence-electron chi connectivity index (χ1n) is 9.00. The van der Waals surface area contributed by atoms with E-state index >= 15 is 0 Å². The van der Waals surface area contributed by atoms with Crippen LogP contribution < -0.4 is 5.73 Å². The maximum Gasteiger partial charge on any atom is 0.226 e. The molecular weight excluding hydrogens is 310 g/mol. The van der Waals surface area contributed by atoms with Crippen LogP contribution in [0.5, 0.6) is 0 Å². The second-order valence-electron chi connectivity index (χ2n) is 7.80. The minimum Gasteiger partial charge on any atom is -0.398 e. The second-order valence-corrected chi connectivity index (χ2v) is 7.80. The minimum atomic E-state index is 0.173. The molecule has 2 aromatic rings. The molecule has 0 saturated heterocycles. The first-order valence-corrected chi connectivity index (χ1v) is 9.00. The van der Waals surface area contributed by atoms with Crippen molar-refractivity contribution in [2.24, 2.45) is 5.92 Å². The van der Waals surface area contributed by atoms with Gasteiger partial charge in [0, 0.05) is 42.8 Å². The predicted octanol–water partition coefficient (Wildman–Crippen LogP) is 3.58. The average Bonchev–Trinajstić information content (AvgIpc) is 2.53. The number of amides is 1. The molecule has 0 fully saturated rings. The zero-order valence-corrected chi connectivity index (χ0v) is 15.2. The molecule has 0 radical (unpaired) electrons. The number of nitrogen functional groups attached to an aromatic ring is 1. The Labute approximate surface area is 148 Å². The van der Waals surface area contributed by atoms with E-state index in [0.717, 1.165) is 41.5 Å². The Morgan fingerprint density at radius 1 is 1.32 bits per heavy atom. The molecule has 0 aliphatic heterocycles. The van der Waals surface area contributed by atoms with E-state index in [9.17, 15) is 4.79 Å². The first-order chi connectivity index (χ1) is 11.9. The highest BCUT2D eigenvalue weighted by Gasteiger charge is 2.34. The van der Waals surface area contributed by atoms with Crippen LogP contribution in [0, 0.1) is 12.8 Å². The zero-order chi connectivity index (χ0) is 17.7. The van der Waals surface area contributed by atoms with Gasteiger partial charge in [-0.15, -0.1) is 0 Å². The highest BCUT2D eigenvalue weighted by Crippen LogP contribution is 2.47. The molecule has 1 aromatic heterocycles. The Morgan fingerprint density at radius 3 is 2.88 bits per heavy atom. The Balaban J connectivity index is 1.73. The number of anilines is 1. The van der Waals surface area contributed by atoms with E-state index in [-0.39, 0.29) is 5.91 Å². The van der Waals surface area contributed by atoms with Crippen molar-refractivity contribution in [2.45, 2.75) is 38.5 Å². The van der Waals surface area contributed by atoms with Crippen molar-refractivity contribution in [1.82, 2.24) is 9.88 Å². The summed E-state index contributed by atoms with van der Waals surface area (Å²) in [4.78, 5) is 18.7. The van der Waals surface area contributed by atoms with Gasteiger partial charge in [-0.1, -0.05) is 23.8 Å². The number of benzene rings is 1. The lowest BCUT2D eigenvalue weighted by Gasteiger charge is -2.36. The topological polar surface area (TPSA) is 59.2 Å². The molecule has 130 valence electrons. The highest BCUT2D eigenvalue weighted by atomic mass is 16.2. The molecule has 2 bridgehead atoms. The summed E-state index contributed by atoms with van der Waals surface area (Å²) in [5.74, 6) is 1.04. The maximum atomic E-state index is 12.1. The van der Waals surface area contributed by atoms with Crippen LogP contribution in [0.15, 0.2) is 29.8 Å². The van der Waals surface area contributed by atoms with Crippen LogP contribution >= 0.6 is 0 Å². The number of nitrogens with two attached hydrogens (primary N) is 1. The molecule has 1 aromatic carbocycles. The van der Waals surface area contributed by atoms with Gasteiger partial charge in [0.05, 0.1) is 5.52 Å². The van der Waals surface area contributed by atoms with Crippen LogP contribution in [-0.4, -0.2) is 29.9 Å². The molecule has 4 rings (SSSR count). The van der Waals surface area contributed by atoms with Crippen molar-refractivity contribution in [3.63, 3.8) is 0 Å². The van der Waals surface area contributed by atoms with Crippen LogP contribution in [0.1, 0.15) is 42.0 Å². The number of nitrogens with zero attached hydrogens (tertiary/aromatic N) is 2. The molecule has 4 heteroatoms. The summed E-state index contributed by atoms with van der Waals surface area (Å²) in [7, 11) is 3.63. The number of allylic oxidation sites excluding steroid dienone is 1. The molecule has 2 aliphatic rings. The largest absolute Gasteiger partial charge is 0.398 e. The van der Waals surface area contributed by atoms with Gasteiger partial charge < -0.3 is 10.6 Å². The van der Waals surface area contributed by atoms with Crippen molar-refractivity contribution < 1.29 is 4.79 Å². The number of aryl methyl sites for hydroxylation is 1. The van der Waals surface area contributed by atoms with E-state index in [1.165, 1.54) is 16.7 Å². The van der Waals surface area contributed by atoms with E-state index < -0.39 is 0 Å². The Hall–Kier alpha value is -2.36. The number of rotatable bonds is 2. The van der Waals surface area contributed by atoms with Gasteiger partial charge in [-0.2, -0.15) is 0 Å². The van der Waals surface area contributed by atoms with Crippen LogP contribution in [0.3, 0.4) is 0 Å². The lowest BCUT2D eigenvalue weighted by atomic mass is 9.70. The van der Waals surface area contributed by atoms with E-state index in [4.69, 9.17) is 10.7 Å². The quantitative estimate of drug-likeness (QED) is 0.853. The second kappa shape index (κ2) is 5.87. The van der Waals surface area contributed by atoms with Gasteiger partial charge in [-0.25, -0.2) is 0 Å². The molecule has 4 nitrogen and oxygen atoms in total. The third-order valence-corrected chi connectivity index (χ3v) is 5.61. The summed E-state index contributed by atoms with van der Waals surface area (Å²) in [6, 6.07) is 6.31. The van der Waals surface area contributed by atoms with Gasteiger partial charge in [-0.05, 0) is 49.7 Å². The van der Waals surface area contributed by atoms with E-state index in [1.807, 2.05) is 14.1 Å². The van der Waals surface area contributed by atoms with Gasteiger partial charge in [0.2, 0.25) is 5.91 Å². The lowest BCUT2D eigenvalue weighted by molar-refractivity contribution is -0.128. The molecule has 2 unspecified atom stereocenters. The summed E-state index contributed by atoms with van der Waals surface area (Å²) in [6.45, 7) is 2.09. The fraction of sp³-hybridized carbons (Fsp3) is 0.429. The number of carbonyl (C=O) groups is 1. The molecule has 1 heterocycles. The Morgan fingerprint density at radius 2 is 2.12 bits per heavy atom. The minimum absolute atomic E-state index is 0.173. The number of fused-ring (bicyclic) bond motifs is 5. The fourth-order valence-corrected chi connectivity index (χ4v) is 4.41. The fourth-order valence-electron chi connectivity index (χ4n) is 4.41. The highest BCUT2D eigenvalue weighted by molar-refractivity contribution is 5.93. The van der Waals surface area contributed by atoms with Gasteiger partial charge >= 0.3 is 0 Å². The zero-order valence-electron chi connectivity index (χ0n) is 15.2. The number of aromatic nitrogens is 1. The third kappa shape index (κ3) is 2.80. The van der Waals surface area contributed by atoms with Crippen LogP contribution in [0.4, 0.5) is 5.69 Å². The molecule has 0 saturated carbocycles. The SMILES string of the molecule is Cc1ccc2c(N)c3c(nc2c1)CC1C=C(CC(=O)N(C)C)CC3C1. The molecule has 0 spiro atoms. The maximum absolute atomic E-state index is 12.1. The summed E-state index contributed by atoms with van der Waals surface area (Å²) in [5, 5.41) is 1.06. The van der Waals surface area contributed by atoms with Gasteiger partial charge in [-0.3, -0.25) is 9.78 Å². The Bertz CT molecular complexity index is 898. The third-order valence-electron chi connectivity index (χ3n) is 5.61. The van der Waals surface area contributed by atoms with Crippen LogP contribution in [-0.2, 0) is 11.2 Å². The number of carbonyl (C=O) groups excluding carboxylic acids is 1. The number of hydrogen-bond donors (Lipinski definition) is 1. The molecule has 2 atom stereocenters. The normalized spacial score (nSPS) is 21.6. The van der Waals surface area contributed by atoms with E-state index in [0.29, 0.717) is 18.3 Å². The average molecular weight is 335 g/mol. The molecule has 2 aliphatic carbocycles. The Kier molecular flexibility index (Phi) is 3.78. The van der Waals surface area contributed by atoms with Crippen molar-refractivity contribution in [3.8, 4) is 0 Å². The standard InChI is InChI=1S/C21H25N3O/c1-12-4-5-16-17(6-12)23-18-10-13-7-14(11-19(25)24(2)3)9-15(8-13)20(18)21(16)22/h4-7,13,15H,8-11H2,1-3H3,(H2,22,23). The summed E-state index contributed by atoms with van der Waals surface area (Å²) < 4.78 is 0. The van der Waals surface area contributed by atoms with Crippen LogP contribution in [0.2, 0.25) is 0 Å². The van der Waals surface area contributed by atoms with Gasteiger partial charge in [0.25, 0.3) is 0 Å². The predicted molar refractivity (Wildman–Crippen MR) is 101 cm³/mol. The van der Waals surface area contributed by atoms with Gasteiger partial charge in [0.15, 0.2) is 0 Å². The monoisotopic (exact) mass is 335 g/mol. The summed E-state index contributed by atoms with van der Waals surface area (Å²) >= 11 is 0. The van der Waals surface area contributed by atoms with Crippen molar-refractivity contribution in [1.29, 1.82) is 0 Å². The lowest BCUT2D eigenvalue weighted by Crippen LogP contribution is -2.27. The molecular formula is C21H25N3O. The summed E-state index contributed by atoms with van der Waals surface area (Å²) in [6.07, 6.45) is 5.82. The van der Waals surface area contributed by atoms with E-state index in [1.54, 1.807) is 4.90 Å². The van der Waals surface area contributed by atoms with Crippen molar-refractivity contribution >= 4 is 22.5 Å². The van der Waals surface area contributed by atoms with Crippen molar-refractivity contribution in [3.05, 3.63) is 46.7 Å².